The summed E-state index contributed by atoms with van der Waals surface area (Å²) < 4.78 is 38.3. The van der Waals surface area contributed by atoms with Crippen molar-refractivity contribution < 1.29 is 13.2 Å². The summed E-state index contributed by atoms with van der Waals surface area (Å²) in [5.74, 6) is 0. The molecule has 0 spiro atoms. The number of nitrogens with one attached hydrogen (secondary N) is 1. The maximum atomic E-state index is 12.8. The highest BCUT2D eigenvalue weighted by Crippen LogP contribution is 2.30. The fraction of sp³-hybridized carbons (Fsp3) is 0.364. The van der Waals surface area contributed by atoms with Crippen LogP contribution in [0.3, 0.4) is 0 Å². The molecular weight excluding hydrogens is 371 g/mol. The number of halogens is 4. The molecule has 0 amide bonds. The fourth-order valence-corrected chi connectivity index (χ4v) is 3.50. The summed E-state index contributed by atoms with van der Waals surface area (Å²) in [4.78, 5) is 0. The van der Waals surface area contributed by atoms with Gasteiger partial charge in [0, 0.05) is 6.04 Å². The van der Waals surface area contributed by atoms with Crippen LogP contribution in [-0.4, -0.2) is 6.54 Å². The average Bonchev–Trinajstić information content (AvgIpc) is 2.64. The molecule has 146 valence electrons. The van der Waals surface area contributed by atoms with Crippen LogP contribution in [0.4, 0.5) is 13.2 Å². The highest BCUT2D eigenvalue weighted by Gasteiger charge is 2.30. The van der Waals surface area contributed by atoms with E-state index < -0.39 is 11.7 Å². The van der Waals surface area contributed by atoms with Gasteiger partial charge in [0.1, 0.15) is 0 Å². The lowest BCUT2D eigenvalue weighted by Gasteiger charge is -2.21. The first kappa shape index (κ1) is 21.5. The molecule has 0 bridgehead atoms. The monoisotopic (exact) mass is 395 g/mol. The Morgan fingerprint density at radius 3 is 2.67 bits per heavy atom. The van der Waals surface area contributed by atoms with E-state index in [-0.39, 0.29) is 18.4 Å². The van der Waals surface area contributed by atoms with E-state index in [1.165, 1.54) is 28.8 Å². The van der Waals surface area contributed by atoms with Crippen molar-refractivity contribution in [1.82, 2.24) is 5.32 Å². The molecule has 0 heterocycles. The molecular formula is C22H25ClF3N. The van der Waals surface area contributed by atoms with Crippen molar-refractivity contribution >= 4 is 18.5 Å². The van der Waals surface area contributed by atoms with E-state index in [0.29, 0.717) is 6.42 Å². The summed E-state index contributed by atoms with van der Waals surface area (Å²) >= 11 is 0. The molecule has 2 aromatic carbocycles. The van der Waals surface area contributed by atoms with Gasteiger partial charge in [-0.3, -0.25) is 0 Å². The molecule has 0 aliphatic heterocycles. The molecule has 1 N–H and O–H groups in total. The summed E-state index contributed by atoms with van der Waals surface area (Å²) in [5.41, 5.74) is 4.16. The Bertz CT molecular complexity index is 783. The van der Waals surface area contributed by atoms with Gasteiger partial charge in [0.05, 0.1) is 5.56 Å². The summed E-state index contributed by atoms with van der Waals surface area (Å²) in [6.45, 7) is 2.91. The predicted molar refractivity (Wildman–Crippen MR) is 107 cm³/mol. The summed E-state index contributed by atoms with van der Waals surface area (Å²) in [6.07, 6.45) is 3.76. The number of alkyl halides is 3. The molecule has 1 atom stereocenters. The van der Waals surface area contributed by atoms with E-state index in [0.717, 1.165) is 37.4 Å². The Hall–Kier alpha value is -1.78. The number of benzene rings is 2. The smallest absolute Gasteiger partial charge is 0.310 e. The molecule has 1 aliphatic carbocycles. The van der Waals surface area contributed by atoms with Crippen LogP contribution in [0.15, 0.2) is 48.5 Å². The Kier molecular flexibility index (Phi) is 7.51. The van der Waals surface area contributed by atoms with Gasteiger partial charge in [0.2, 0.25) is 0 Å². The molecule has 0 fully saturated rings. The zero-order chi connectivity index (χ0) is 18.6. The number of hydrogen-bond donors (Lipinski definition) is 1. The molecule has 2 aromatic rings. The molecule has 1 aliphatic rings. The second kappa shape index (κ2) is 9.43. The first-order chi connectivity index (χ1) is 12.4. The molecule has 0 aromatic heterocycles. The first-order valence-corrected chi connectivity index (χ1v) is 9.13. The molecule has 5 heteroatoms. The van der Waals surface area contributed by atoms with E-state index in [9.17, 15) is 13.2 Å². The van der Waals surface area contributed by atoms with Gasteiger partial charge >= 0.3 is 6.18 Å². The van der Waals surface area contributed by atoms with Crippen molar-refractivity contribution in [2.24, 2.45) is 0 Å². The van der Waals surface area contributed by atoms with Crippen LogP contribution in [0, 0.1) is 0 Å². The van der Waals surface area contributed by atoms with Crippen molar-refractivity contribution in [3.8, 4) is 0 Å². The third kappa shape index (κ3) is 5.60. The molecule has 0 radical (unpaired) electrons. The number of hydrogen-bond acceptors (Lipinski definition) is 1. The zero-order valence-corrected chi connectivity index (χ0v) is 16.2. The quantitative estimate of drug-likeness (QED) is 0.560. The normalized spacial score (nSPS) is 14.4. The average molecular weight is 396 g/mol. The van der Waals surface area contributed by atoms with Crippen LogP contribution in [0.25, 0.3) is 6.08 Å². The maximum Gasteiger partial charge on any atom is 0.416 e. The highest BCUT2D eigenvalue weighted by molar-refractivity contribution is 5.85. The van der Waals surface area contributed by atoms with Gasteiger partial charge in [-0.05, 0) is 67.5 Å². The second-order valence-corrected chi connectivity index (χ2v) is 6.84. The van der Waals surface area contributed by atoms with Gasteiger partial charge in [-0.25, -0.2) is 0 Å². The van der Waals surface area contributed by atoms with E-state index in [4.69, 9.17) is 0 Å². The van der Waals surface area contributed by atoms with Crippen LogP contribution in [0.1, 0.15) is 53.6 Å². The van der Waals surface area contributed by atoms with Gasteiger partial charge in [-0.15, -0.1) is 12.4 Å². The van der Waals surface area contributed by atoms with Gasteiger partial charge in [-0.2, -0.15) is 13.2 Å². The molecule has 0 unspecified atom stereocenters. The summed E-state index contributed by atoms with van der Waals surface area (Å²) in [7, 11) is 0. The van der Waals surface area contributed by atoms with Gasteiger partial charge in [0.25, 0.3) is 0 Å². The maximum absolute atomic E-state index is 12.8. The van der Waals surface area contributed by atoms with Crippen molar-refractivity contribution in [1.29, 1.82) is 0 Å². The van der Waals surface area contributed by atoms with Crippen molar-refractivity contribution in [2.45, 2.75) is 44.8 Å². The molecule has 1 nitrogen and oxygen atoms in total. The standard InChI is InChI=1S/C22H24F3N.ClH/c1-16(20-13-5-10-18-9-2-3-12-21(18)20)26-14-6-8-17-7-4-11-19(15-17)22(23,24)25;/h3-5,7,10-13,15-16,26H,2,6,8-9,14H2,1H3;1H/t16-;/m1./s1. The zero-order valence-electron chi connectivity index (χ0n) is 15.4. The Morgan fingerprint density at radius 2 is 1.89 bits per heavy atom. The van der Waals surface area contributed by atoms with Crippen LogP contribution >= 0.6 is 12.4 Å². The number of fused-ring (bicyclic) bond motifs is 1. The lowest BCUT2D eigenvalue weighted by Crippen LogP contribution is -2.21. The summed E-state index contributed by atoms with van der Waals surface area (Å²) in [6, 6.07) is 12.3. The van der Waals surface area contributed by atoms with Crippen LogP contribution < -0.4 is 5.32 Å². The minimum atomic E-state index is -4.28. The lowest BCUT2D eigenvalue weighted by atomic mass is 9.90. The highest BCUT2D eigenvalue weighted by atomic mass is 35.5. The third-order valence-corrected chi connectivity index (χ3v) is 4.91. The minimum absolute atomic E-state index is 0. The Balaban J connectivity index is 0.00000261. The lowest BCUT2D eigenvalue weighted by molar-refractivity contribution is -0.137. The van der Waals surface area contributed by atoms with Crippen LogP contribution in [0.2, 0.25) is 0 Å². The second-order valence-electron chi connectivity index (χ2n) is 6.84. The number of aryl methyl sites for hydroxylation is 2. The first-order valence-electron chi connectivity index (χ1n) is 9.13. The molecule has 27 heavy (non-hydrogen) atoms. The Morgan fingerprint density at radius 1 is 1.11 bits per heavy atom. The SMILES string of the molecule is C[C@@H](NCCCc1cccc(C(F)(F)F)c1)c1cccc2c1C=CCC2.Cl. The number of allylic oxidation sites excluding steroid dienone is 1. The predicted octanol–water partition coefficient (Wildman–Crippen LogP) is 6.37. The number of rotatable bonds is 6. The van der Waals surface area contributed by atoms with E-state index in [1.807, 2.05) is 0 Å². The molecule has 0 saturated carbocycles. The van der Waals surface area contributed by atoms with E-state index in [2.05, 4.69) is 42.6 Å². The minimum Gasteiger partial charge on any atom is -0.310 e. The van der Waals surface area contributed by atoms with Crippen molar-refractivity contribution in [3.05, 3.63) is 76.4 Å². The Labute approximate surface area is 165 Å². The largest absolute Gasteiger partial charge is 0.416 e. The topological polar surface area (TPSA) is 12.0 Å². The van der Waals surface area contributed by atoms with Gasteiger partial charge in [0.15, 0.2) is 0 Å². The molecule has 3 rings (SSSR count). The third-order valence-electron chi connectivity index (χ3n) is 4.91. The summed E-state index contributed by atoms with van der Waals surface area (Å²) in [5, 5.41) is 3.51. The van der Waals surface area contributed by atoms with Crippen molar-refractivity contribution in [3.63, 3.8) is 0 Å². The van der Waals surface area contributed by atoms with Gasteiger partial charge < -0.3 is 5.32 Å². The van der Waals surface area contributed by atoms with E-state index >= 15 is 0 Å². The van der Waals surface area contributed by atoms with Gasteiger partial charge in [-0.1, -0.05) is 48.6 Å². The molecule has 0 saturated heterocycles. The van der Waals surface area contributed by atoms with Crippen LogP contribution in [-0.2, 0) is 19.0 Å². The fourth-order valence-electron chi connectivity index (χ4n) is 3.50. The van der Waals surface area contributed by atoms with Crippen molar-refractivity contribution in [2.75, 3.05) is 6.54 Å². The van der Waals surface area contributed by atoms with E-state index in [1.54, 1.807) is 6.07 Å². The van der Waals surface area contributed by atoms with Crippen LogP contribution in [0.5, 0.6) is 0 Å².